The number of methoxy groups -OCH3 is 1. The van der Waals surface area contributed by atoms with Crippen LogP contribution in [0, 0.1) is 5.82 Å². The van der Waals surface area contributed by atoms with Crippen molar-refractivity contribution in [2.75, 3.05) is 13.7 Å². The molecule has 0 aliphatic heterocycles. The van der Waals surface area contributed by atoms with Crippen LogP contribution in [0.25, 0.3) is 20.7 Å². The van der Waals surface area contributed by atoms with Crippen LogP contribution in [0.2, 0.25) is 0 Å². The Hall–Kier alpha value is -3.82. The molecule has 0 aliphatic carbocycles. The highest BCUT2D eigenvalue weighted by atomic mass is 32.1. The summed E-state index contributed by atoms with van der Waals surface area (Å²) in [6, 6.07) is 26.9. The summed E-state index contributed by atoms with van der Waals surface area (Å²) in [4.78, 5) is 18.6. The van der Waals surface area contributed by atoms with Crippen LogP contribution in [0.15, 0.2) is 91.1 Å². The summed E-state index contributed by atoms with van der Waals surface area (Å²) in [6.07, 6.45) is 2.54. The Bertz CT molecular complexity index is 1700. The Morgan fingerprint density at radius 1 is 0.953 bits per heavy atom. The molecular weight excluding hydrogens is 580 g/mol. The van der Waals surface area contributed by atoms with E-state index in [2.05, 4.69) is 41.5 Å². The second-order valence-corrected chi connectivity index (χ2v) is 12.2. The van der Waals surface area contributed by atoms with Gasteiger partial charge in [0.25, 0.3) is 0 Å². The Kier molecular flexibility index (Phi) is 10.4. The van der Waals surface area contributed by atoms with Gasteiger partial charge in [0.1, 0.15) is 11.5 Å². The number of fused-ring (bicyclic) bond motifs is 1. The number of thiocarbonyl (C=S) groups is 1. The molecule has 5 rings (SSSR count). The number of benzene rings is 3. The maximum atomic E-state index is 15.1. The van der Waals surface area contributed by atoms with E-state index in [0.717, 1.165) is 32.8 Å². The van der Waals surface area contributed by atoms with Crippen LogP contribution in [0.3, 0.4) is 0 Å². The third-order valence-electron chi connectivity index (χ3n) is 6.94. The molecule has 220 valence electrons. The molecule has 2 heterocycles. The third-order valence-corrected chi connectivity index (χ3v) is 8.42. The van der Waals surface area contributed by atoms with Crippen molar-refractivity contribution in [2.24, 2.45) is 0 Å². The molecule has 0 aliphatic rings. The van der Waals surface area contributed by atoms with Crippen LogP contribution in [-0.2, 0) is 28.9 Å². The van der Waals surface area contributed by atoms with Gasteiger partial charge in [0.05, 0.1) is 16.8 Å². The number of ketones is 1. The van der Waals surface area contributed by atoms with Gasteiger partial charge in [-0.2, -0.15) is 0 Å². The maximum Gasteiger partial charge on any atom is 0.166 e. The summed E-state index contributed by atoms with van der Waals surface area (Å²) < 4.78 is 27.2. The van der Waals surface area contributed by atoms with Gasteiger partial charge in [-0.15, -0.1) is 11.3 Å². The number of carbonyl (C=O) groups excluding carboxylic acids is 1. The monoisotopic (exact) mass is 612 g/mol. The number of rotatable bonds is 14. The molecule has 5 aromatic rings. The second-order valence-electron chi connectivity index (χ2n) is 10.5. The van der Waals surface area contributed by atoms with Crippen LogP contribution in [0.1, 0.15) is 30.0 Å². The molecule has 0 bridgehead atoms. The first-order chi connectivity index (χ1) is 20.9. The lowest BCUT2D eigenvalue weighted by atomic mass is 10.0. The number of carbonyl (C=O) groups is 1. The van der Waals surface area contributed by atoms with Gasteiger partial charge in [0.15, 0.2) is 11.6 Å². The standard InChI is InChI=1S/C35H33FN2O3S2/c1-23(22-40-2)38-21-25-8-11-27(12-9-25)34-20-31-35(43-34)33(14-15-37-31)41-32-13-10-26(18-30(32)36)17-29(42)19-28(39)16-24-6-4-3-5-7-24/h3-15,18,20,23,38H,16-17,19,21-22H2,1-2H3/t23-/m0/s1. The summed E-state index contributed by atoms with van der Waals surface area (Å²) in [5.74, 6) is 0.232. The lowest BCUT2D eigenvalue weighted by Gasteiger charge is -2.12. The van der Waals surface area contributed by atoms with Gasteiger partial charge in [-0.25, -0.2) is 4.39 Å². The van der Waals surface area contributed by atoms with Gasteiger partial charge in [0.2, 0.25) is 0 Å². The molecule has 0 amide bonds. The fourth-order valence-corrected chi connectivity index (χ4v) is 6.18. The van der Waals surface area contributed by atoms with E-state index in [0.29, 0.717) is 35.6 Å². The minimum Gasteiger partial charge on any atom is -0.453 e. The quantitative estimate of drug-likeness (QED) is 0.128. The Morgan fingerprint density at radius 3 is 2.47 bits per heavy atom. The number of halogens is 1. The molecule has 0 saturated heterocycles. The fraction of sp³-hybridized carbons (Fsp3) is 0.229. The Labute approximate surface area is 260 Å². The molecule has 8 heteroatoms. The SMILES string of the molecule is COC[C@H](C)NCc1ccc(-c2cc3nccc(Oc4ccc(CC(=S)CC(=O)Cc5ccccc5)cc4F)c3s2)cc1. The van der Waals surface area contributed by atoms with Crippen molar-refractivity contribution >= 4 is 44.4 Å². The number of hydrogen-bond donors (Lipinski definition) is 1. The molecule has 0 unspecified atom stereocenters. The van der Waals surface area contributed by atoms with Crippen LogP contribution in [0.5, 0.6) is 11.5 Å². The van der Waals surface area contributed by atoms with Crippen LogP contribution in [-0.4, -0.2) is 35.4 Å². The molecule has 0 fully saturated rings. The normalized spacial score (nSPS) is 11.9. The van der Waals surface area contributed by atoms with E-state index in [-0.39, 0.29) is 24.0 Å². The Balaban J connectivity index is 1.23. The number of nitrogens with zero attached hydrogens (tertiary/aromatic N) is 1. The predicted octanol–water partition coefficient (Wildman–Crippen LogP) is 8.13. The average molecular weight is 613 g/mol. The van der Waals surface area contributed by atoms with Crippen molar-refractivity contribution in [1.82, 2.24) is 10.3 Å². The molecule has 1 N–H and O–H groups in total. The topological polar surface area (TPSA) is 60.4 Å². The average Bonchev–Trinajstić information content (AvgIpc) is 3.44. The predicted molar refractivity (Wildman–Crippen MR) is 176 cm³/mol. The summed E-state index contributed by atoms with van der Waals surface area (Å²) in [5.41, 5.74) is 4.72. The third kappa shape index (κ3) is 8.39. The van der Waals surface area contributed by atoms with Gasteiger partial charge in [-0.3, -0.25) is 9.78 Å². The zero-order valence-electron chi connectivity index (χ0n) is 24.1. The molecule has 3 aromatic carbocycles. The molecule has 2 aromatic heterocycles. The minimum absolute atomic E-state index is 0.0502. The van der Waals surface area contributed by atoms with Crippen molar-refractivity contribution in [2.45, 2.75) is 38.8 Å². The van der Waals surface area contributed by atoms with Crippen molar-refractivity contribution in [1.29, 1.82) is 0 Å². The Morgan fingerprint density at radius 2 is 1.72 bits per heavy atom. The van der Waals surface area contributed by atoms with Crippen molar-refractivity contribution < 1.29 is 18.7 Å². The van der Waals surface area contributed by atoms with E-state index < -0.39 is 5.82 Å². The number of aromatic nitrogens is 1. The van der Waals surface area contributed by atoms with Crippen molar-refractivity contribution in [3.63, 3.8) is 0 Å². The van der Waals surface area contributed by atoms with Crippen LogP contribution >= 0.6 is 23.6 Å². The summed E-state index contributed by atoms with van der Waals surface area (Å²) in [6.45, 7) is 3.52. The number of ether oxygens (including phenoxy) is 2. The van der Waals surface area contributed by atoms with Crippen LogP contribution < -0.4 is 10.1 Å². The highest BCUT2D eigenvalue weighted by molar-refractivity contribution is 7.80. The summed E-state index contributed by atoms with van der Waals surface area (Å²) >= 11 is 7.02. The molecule has 43 heavy (non-hydrogen) atoms. The van der Waals surface area contributed by atoms with Gasteiger partial charge >= 0.3 is 0 Å². The number of nitrogens with one attached hydrogen (secondary N) is 1. The van der Waals surface area contributed by atoms with E-state index in [1.165, 1.54) is 11.6 Å². The number of thiophene rings is 1. The van der Waals surface area contributed by atoms with Gasteiger partial charge in [-0.05, 0) is 47.4 Å². The summed E-state index contributed by atoms with van der Waals surface area (Å²) in [7, 11) is 1.70. The van der Waals surface area contributed by atoms with Gasteiger partial charge in [0, 0.05) is 61.0 Å². The van der Waals surface area contributed by atoms with Gasteiger partial charge in [-0.1, -0.05) is 72.9 Å². The fourth-order valence-electron chi connectivity index (χ4n) is 4.78. The largest absolute Gasteiger partial charge is 0.453 e. The smallest absolute Gasteiger partial charge is 0.166 e. The number of Topliss-reactive ketones (excluding diaryl/α,β-unsaturated/α-hetero) is 1. The van der Waals surface area contributed by atoms with E-state index >= 15 is 4.39 Å². The first-order valence-electron chi connectivity index (χ1n) is 14.1. The van der Waals surface area contributed by atoms with Crippen molar-refractivity contribution in [3.8, 4) is 21.9 Å². The molecule has 5 nitrogen and oxygen atoms in total. The van der Waals surface area contributed by atoms with E-state index in [1.54, 1.807) is 42.8 Å². The highest BCUT2D eigenvalue weighted by Gasteiger charge is 2.15. The molecule has 0 radical (unpaired) electrons. The second kappa shape index (κ2) is 14.6. The van der Waals surface area contributed by atoms with E-state index in [9.17, 15) is 4.79 Å². The zero-order valence-corrected chi connectivity index (χ0v) is 25.8. The van der Waals surface area contributed by atoms with Crippen LogP contribution in [0.4, 0.5) is 4.39 Å². The first kappa shape index (κ1) is 30.6. The first-order valence-corrected chi connectivity index (χ1v) is 15.3. The minimum atomic E-state index is -0.485. The molecule has 0 spiro atoms. The van der Waals surface area contributed by atoms with Crippen molar-refractivity contribution in [3.05, 3.63) is 114 Å². The molecule has 0 saturated carbocycles. The number of hydrogen-bond acceptors (Lipinski definition) is 7. The van der Waals surface area contributed by atoms with E-state index in [1.807, 2.05) is 36.4 Å². The summed E-state index contributed by atoms with van der Waals surface area (Å²) in [5, 5.41) is 3.44. The lowest BCUT2D eigenvalue weighted by molar-refractivity contribution is -0.117. The molecular formula is C35H33FN2O3S2. The molecule has 1 atom stereocenters. The van der Waals surface area contributed by atoms with Gasteiger partial charge < -0.3 is 14.8 Å². The lowest BCUT2D eigenvalue weighted by Crippen LogP contribution is -2.29. The van der Waals surface area contributed by atoms with E-state index in [4.69, 9.17) is 21.7 Å². The number of pyridine rings is 1. The maximum absolute atomic E-state index is 15.1. The highest BCUT2D eigenvalue weighted by Crippen LogP contribution is 2.39. The zero-order chi connectivity index (χ0) is 30.2.